The predicted octanol–water partition coefficient (Wildman–Crippen LogP) is 3.38. The SMILES string of the molecule is Cc1ccc(-n2cnnc2SCC(=O)NC2CCCC2)cc1Cl. The van der Waals surface area contributed by atoms with Crippen molar-refractivity contribution in [2.45, 2.75) is 43.8 Å². The molecule has 122 valence electrons. The number of hydrogen-bond donors (Lipinski definition) is 1. The fourth-order valence-corrected chi connectivity index (χ4v) is 3.62. The minimum atomic E-state index is 0.0541. The van der Waals surface area contributed by atoms with E-state index in [1.165, 1.54) is 24.6 Å². The summed E-state index contributed by atoms with van der Waals surface area (Å²) in [6.45, 7) is 1.96. The van der Waals surface area contributed by atoms with Gasteiger partial charge in [-0.25, -0.2) is 0 Å². The van der Waals surface area contributed by atoms with Gasteiger partial charge in [-0.3, -0.25) is 9.36 Å². The molecule has 0 saturated heterocycles. The van der Waals surface area contributed by atoms with Gasteiger partial charge in [0.05, 0.1) is 11.4 Å². The molecule has 1 aromatic carbocycles. The molecule has 3 rings (SSSR count). The number of carbonyl (C=O) groups is 1. The van der Waals surface area contributed by atoms with Gasteiger partial charge < -0.3 is 5.32 Å². The summed E-state index contributed by atoms with van der Waals surface area (Å²) in [6.07, 6.45) is 6.24. The molecule has 0 spiro atoms. The van der Waals surface area contributed by atoms with Crippen LogP contribution >= 0.6 is 23.4 Å². The van der Waals surface area contributed by atoms with Crippen LogP contribution in [-0.2, 0) is 4.79 Å². The maximum atomic E-state index is 12.0. The molecule has 1 heterocycles. The number of thioether (sulfide) groups is 1. The normalized spacial score (nSPS) is 15.0. The summed E-state index contributed by atoms with van der Waals surface area (Å²) >= 11 is 7.56. The molecule has 1 aliphatic carbocycles. The van der Waals surface area contributed by atoms with Crippen molar-refractivity contribution in [1.29, 1.82) is 0 Å². The molecule has 23 heavy (non-hydrogen) atoms. The summed E-state index contributed by atoms with van der Waals surface area (Å²) in [5.74, 6) is 0.396. The summed E-state index contributed by atoms with van der Waals surface area (Å²) in [5, 5.41) is 12.5. The largest absolute Gasteiger partial charge is 0.353 e. The van der Waals surface area contributed by atoms with Crippen LogP contribution in [0.3, 0.4) is 0 Å². The van der Waals surface area contributed by atoms with Gasteiger partial charge in [-0.05, 0) is 37.5 Å². The number of carbonyl (C=O) groups excluding carboxylic acids is 1. The molecule has 0 radical (unpaired) electrons. The Labute approximate surface area is 144 Å². The number of amides is 1. The molecular formula is C16H19ClN4OS. The highest BCUT2D eigenvalue weighted by molar-refractivity contribution is 7.99. The van der Waals surface area contributed by atoms with Crippen LogP contribution in [0.15, 0.2) is 29.7 Å². The molecule has 1 aliphatic rings. The van der Waals surface area contributed by atoms with Gasteiger partial charge in [0.1, 0.15) is 6.33 Å². The van der Waals surface area contributed by atoms with Crippen molar-refractivity contribution < 1.29 is 4.79 Å². The monoisotopic (exact) mass is 350 g/mol. The second kappa shape index (κ2) is 7.36. The number of hydrogen-bond acceptors (Lipinski definition) is 4. The van der Waals surface area contributed by atoms with Gasteiger partial charge in [-0.1, -0.05) is 42.3 Å². The number of benzene rings is 1. The maximum absolute atomic E-state index is 12.0. The molecule has 2 aromatic rings. The predicted molar refractivity (Wildman–Crippen MR) is 92.2 cm³/mol. The van der Waals surface area contributed by atoms with Gasteiger partial charge in [0.25, 0.3) is 0 Å². The maximum Gasteiger partial charge on any atom is 0.230 e. The molecule has 1 amide bonds. The third-order valence-corrected chi connectivity index (χ3v) is 5.35. The zero-order chi connectivity index (χ0) is 16.2. The second-order valence-corrected chi connectivity index (χ2v) is 7.10. The van der Waals surface area contributed by atoms with Crippen LogP contribution in [-0.4, -0.2) is 32.5 Å². The van der Waals surface area contributed by atoms with Crippen molar-refractivity contribution >= 4 is 29.3 Å². The Kier molecular flexibility index (Phi) is 5.23. The Hall–Kier alpha value is -1.53. The molecule has 1 fully saturated rings. The zero-order valence-corrected chi connectivity index (χ0v) is 14.5. The fraction of sp³-hybridized carbons (Fsp3) is 0.438. The topological polar surface area (TPSA) is 59.8 Å². The Morgan fingerprint density at radius 3 is 2.96 bits per heavy atom. The highest BCUT2D eigenvalue weighted by Gasteiger charge is 2.18. The van der Waals surface area contributed by atoms with Gasteiger partial charge >= 0.3 is 0 Å². The van der Waals surface area contributed by atoms with Crippen molar-refractivity contribution in [1.82, 2.24) is 20.1 Å². The van der Waals surface area contributed by atoms with Crippen LogP contribution in [0.5, 0.6) is 0 Å². The summed E-state index contributed by atoms with van der Waals surface area (Å²) < 4.78 is 1.85. The average molecular weight is 351 g/mol. The lowest BCUT2D eigenvalue weighted by Gasteiger charge is -2.11. The first-order valence-electron chi connectivity index (χ1n) is 7.72. The lowest BCUT2D eigenvalue weighted by molar-refractivity contribution is -0.119. The van der Waals surface area contributed by atoms with E-state index in [-0.39, 0.29) is 5.91 Å². The quantitative estimate of drug-likeness (QED) is 0.840. The molecule has 1 N–H and O–H groups in total. The average Bonchev–Trinajstić information content (AvgIpc) is 3.19. The van der Waals surface area contributed by atoms with Crippen molar-refractivity contribution in [3.8, 4) is 5.69 Å². The molecule has 1 aromatic heterocycles. The molecule has 0 bridgehead atoms. The van der Waals surface area contributed by atoms with Gasteiger partial charge in [0.15, 0.2) is 5.16 Å². The van der Waals surface area contributed by atoms with Crippen LogP contribution in [0, 0.1) is 6.92 Å². The highest BCUT2D eigenvalue weighted by atomic mass is 35.5. The molecule has 0 unspecified atom stereocenters. The van der Waals surface area contributed by atoms with Crippen LogP contribution in [0.25, 0.3) is 5.69 Å². The summed E-state index contributed by atoms with van der Waals surface area (Å²) in [5.41, 5.74) is 1.91. The summed E-state index contributed by atoms with van der Waals surface area (Å²) in [4.78, 5) is 12.0. The van der Waals surface area contributed by atoms with Gasteiger partial charge in [0.2, 0.25) is 5.91 Å². The van der Waals surface area contributed by atoms with Crippen molar-refractivity contribution in [3.63, 3.8) is 0 Å². The van der Waals surface area contributed by atoms with Crippen LogP contribution < -0.4 is 5.32 Å². The van der Waals surface area contributed by atoms with Crippen LogP contribution in [0.2, 0.25) is 5.02 Å². The van der Waals surface area contributed by atoms with E-state index in [0.29, 0.717) is 22.0 Å². The Bertz CT molecular complexity index is 697. The van der Waals surface area contributed by atoms with Gasteiger partial charge in [-0.2, -0.15) is 0 Å². The van der Waals surface area contributed by atoms with E-state index in [9.17, 15) is 4.79 Å². The number of nitrogens with one attached hydrogen (secondary N) is 1. The van der Waals surface area contributed by atoms with Crippen molar-refractivity contribution in [2.75, 3.05) is 5.75 Å². The Balaban J connectivity index is 1.64. The molecule has 7 heteroatoms. The molecule has 5 nitrogen and oxygen atoms in total. The molecular weight excluding hydrogens is 332 g/mol. The van der Waals surface area contributed by atoms with Crippen LogP contribution in [0.1, 0.15) is 31.2 Å². The van der Waals surface area contributed by atoms with Crippen molar-refractivity contribution in [3.05, 3.63) is 35.1 Å². The molecule has 0 aliphatic heterocycles. The number of rotatable bonds is 5. The highest BCUT2D eigenvalue weighted by Crippen LogP contribution is 2.24. The second-order valence-electron chi connectivity index (χ2n) is 5.75. The van der Waals surface area contributed by atoms with E-state index in [0.717, 1.165) is 24.1 Å². The minimum Gasteiger partial charge on any atom is -0.353 e. The van der Waals surface area contributed by atoms with Gasteiger partial charge in [0, 0.05) is 11.1 Å². The first-order valence-corrected chi connectivity index (χ1v) is 9.08. The summed E-state index contributed by atoms with van der Waals surface area (Å²) in [7, 11) is 0. The van der Waals surface area contributed by atoms with E-state index in [2.05, 4.69) is 15.5 Å². The third kappa shape index (κ3) is 4.06. The first kappa shape index (κ1) is 16.3. The number of aromatic nitrogens is 3. The third-order valence-electron chi connectivity index (χ3n) is 4.00. The Morgan fingerprint density at radius 2 is 2.22 bits per heavy atom. The lowest BCUT2D eigenvalue weighted by atomic mass is 10.2. The number of nitrogens with zero attached hydrogens (tertiary/aromatic N) is 3. The van der Waals surface area contributed by atoms with E-state index in [4.69, 9.17) is 11.6 Å². The van der Waals surface area contributed by atoms with E-state index >= 15 is 0 Å². The number of aryl methyl sites for hydroxylation is 1. The lowest BCUT2D eigenvalue weighted by Crippen LogP contribution is -2.33. The van der Waals surface area contributed by atoms with Crippen LogP contribution in [0.4, 0.5) is 0 Å². The molecule has 1 saturated carbocycles. The zero-order valence-electron chi connectivity index (χ0n) is 13.0. The number of halogens is 1. The van der Waals surface area contributed by atoms with E-state index in [1.807, 2.05) is 29.7 Å². The standard InChI is InChI=1S/C16H19ClN4OS/c1-11-6-7-13(8-14(11)17)21-10-18-20-16(21)23-9-15(22)19-12-4-2-3-5-12/h6-8,10,12H,2-5,9H2,1H3,(H,19,22). The molecule has 0 atom stereocenters. The van der Waals surface area contributed by atoms with E-state index < -0.39 is 0 Å². The smallest absolute Gasteiger partial charge is 0.230 e. The Morgan fingerprint density at radius 1 is 1.43 bits per heavy atom. The van der Waals surface area contributed by atoms with Crippen molar-refractivity contribution in [2.24, 2.45) is 0 Å². The summed E-state index contributed by atoms with van der Waals surface area (Å²) in [6, 6.07) is 6.14. The first-order chi connectivity index (χ1) is 11.1. The van der Waals surface area contributed by atoms with E-state index in [1.54, 1.807) is 6.33 Å². The van der Waals surface area contributed by atoms with Gasteiger partial charge in [-0.15, -0.1) is 10.2 Å². The minimum absolute atomic E-state index is 0.0541. The fourth-order valence-electron chi connectivity index (χ4n) is 2.70.